The van der Waals surface area contributed by atoms with Gasteiger partial charge in [0.15, 0.2) is 5.43 Å². The van der Waals surface area contributed by atoms with E-state index in [4.69, 9.17) is 4.74 Å². The lowest BCUT2D eigenvalue weighted by Gasteiger charge is -2.04. The summed E-state index contributed by atoms with van der Waals surface area (Å²) in [6, 6.07) is 17.9. The van der Waals surface area contributed by atoms with Crippen molar-refractivity contribution in [2.24, 2.45) is 0 Å². The predicted octanol–water partition coefficient (Wildman–Crippen LogP) is 4.34. The van der Waals surface area contributed by atoms with E-state index >= 15 is 0 Å². The van der Waals surface area contributed by atoms with Crippen molar-refractivity contribution in [1.29, 1.82) is 0 Å². The molecule has 2 heteroatoms. The number of hydrogen-bond donors (Lipinski definition) is 0. The largest absolute Gasteiger partial charge is 0.493 e. The Labute approximate surface area is 121 Å². The topological polar surface area (TPSA) is 26.3 Å². The average molecular weight is 274 g/mol. The van der Waals surface area contributed by atoms with E-state index in [1.807, 2.05) is 55.5 Å². The van der Waals surface area contributed by atoms with Gasteiger partial charge >= 0.3 is 0 Å². The Morgan fingerprint density at radius 1 is 0.857 bits per heavy atom. The highest BCUT2D eigenvalue weighted by atomic mass is 16.5. The molecule has 102 valence electrons. The van der Waals surface area contributed by atoms with Crippen LogP contribution in [-0.4, -0.2) is 6.61 Å². The summed E-state index contributed by atoms with van der Waals surface area (Å²) in [6.07, 6.45) is 0. The van der Waals surface area contributed by atoms with Crippen LogP contribution in [0.25, 0.3) is 32.3 Å². The second-order valence-electron chi connectivity index (χ2n) is 5.15. The molecule has 0 bridgehead atoms. The molecule has 0 radical (unpaired) electrons. The molecule has 0 spiro atoms. The first-order chi connectivity index (χ1) is 10.3. The van der Waals surface area contributed by atoms with Crippen LogP contribution in [0.3, 0.4) is 0 Å². The highest BCUT2D eigenvalue weighted by molar-refractivity contribution is 6.23. The molecule has 0 aliphatic heterocycles. The van der Waals surface area contributed by atoms with E-state index in [9.17, 15) is 4.79 Å². The molecule has 0 heterocycles. The van der Waals surface area contributed by atoms with Crippen molar-refractivity contribution in [3.8, 4) is 5.75 Å². The van der Waals surface area contributed by atoms with Crippen LogP contribution in [0, 0.1) is 0 Å². The summed E-state index contributed by atoms with van der Waals surface area (Å²) in [6.45, 7) is 2.49. The van der Waals surface area contributed by atoms with E-state index in [1.54, 1.807) is 0 Å². The predicted molar refractivity (Wildman–Crippen MR) is 87.6 cm³/mol. The SMILES string of the molecule is CCOc1cc2ccccc3c4ccccc4c(=O)c1c23. The molecule has 0 N–H and O–H groups in total. The Morgan fingerprint density at radius 3 is 2.29 bits per heavy atom. The van der Waals surface area contributed by atoms with Crippen molar-refractivity contribution < 1.29 is 4.74 Å². The lowest BCUT2D eigenvalue weighted by atomic mass is 10.0. The summed E-state index contributed by atoms with van der Waals surface area (Å²) in [5.74, 6) is 0.694. The number of rotatable bonds is 2. The van der Waals surface area contributed by atoms with Crippen LogP contribution in [0.15, 0.2) is 59.4 Å². The van der Waals surface area contributed by atoms with Crippen LogP contribution in [0.4, 0.5) is 0 Å². The Bertz CT molecular complexity index is 1020. The molecule has 2 nitrogen and oxygen atoms in total. The van der Waals surface area contributed by atoms with Gasteiger partial charge in [0.05, 0.1) is 12.0 Å². The molecule has 4 aromatic carbocycles. The van der Waals surface area contributed by atoms with Gasteiger partial charge in [0.1, 0.15) is 5.75 Å². The third-order valence-corrected chi connectivity index (χ3v) is 3.98. The summed E-state index contributed by atoms with van der Waals surface area (Å²) in [5.41, 5.74) is 0.0581. The second-order valence-corrected chi connectivity index (χ2v) is 5.15. The first kappa shape index (κ1) is 12.2. The molecular weight excluding hydrogens is 260 g/mol. The summed E-state index contributed by atoms with van der Waals surface area (Å²) in [4.78, 5) is 12.9. The van der Waals surface area contributed by atoms with Gasteiger partial charge in [0, 0.05) is 10.8 Å². The van der Waals surface area contributed by atoms with Crippen LogP contribution in [0.1, 0.15) is 6.92 Å². The maximum absolute atomic E-state index is 12.9. The molecule has 0 amide bonds. The highest BCUT2D eigenvalue weighted by Crippen LogP contribution is 2.37. The van der Waals surface area contributed by atoms with E-state index in [2.05, 4.69) is 6.07 Å². The zero-order valence-corrected chi connectivity index (χ0v) is 11.7. The molecule has 4 rings (SSSR count). The van der Waals surface area contributed by atoms with Crippen LogP contribution < -0.4 is 10.2 Å². The molecule has 0 aliphatic rings. The normalized spacial score (nSPS) is 11.5. The number of benzene rings is 2. The van der Waals surface area contributed by atoms with Gasteiger partial charge in [-0.1, -0.05) is 48.5 Å². The van der Waals surface area contributed by atoms with Crippen molar-refractivity contribution >= 4 is 32.3 Å². The van der Waals surface area contributed by atoms with Crippen LogP contribution in [-0.2, 0) is 0 Å². The monoisotopic (exact) mass is 274 g/mol. The minimum Gasteiger partial charge on any atom is -0.493 e. The summed E-state index contributed by atoms with van der Waals surface area (Å²) in [7, 11) is 0. The highest BCUT2D eigenvalue weighted by Gasteiger charge is 2.16. The lowest BCUT2D eigenvalue weighted by Crippen LogP contribution is -2.03. The molecular formula is C19H14O2. The minimum atomic E-state index is 0.0581. The Balaban J connectivity index is 2.39. The van der Waals surface area contributed by atoms with Crippen molar-refractivity contribution in [3.63, 3.8) is 0 Å². The third-order valence-electron chi connectivity index (χ3n) is 3.98. The van der Waals surface area contributed by atoms with Gasteiger partial charge in [-0.3, -0.25) is 4.79 Å². The standard InChI is InChI=1S/C19H14O2/c1-2-21-16-11-12-7-3-4-9-14-13-8-5-6-10-15(13)19(20)18(16)17(12)14/h3-11H,2H2,1H3. The van der Waals surface area contributed by atoms with E-state index in [0.29, 0.717) is 17.7 Å². The van der Waals surface area contributed by atoms with Crippen LogP contribution in [0.2, 0.25) is 0 Å². The van der Waals surface area contributed by atoms with Gasteiger partial charge in [0.2, 0.25) is 0 Å². The molecule has 21 heavy (non-hydrogen) atoms. The summed E-state index contributed by atoms with van der Waals surface area (Å²) < 4.78 is 5.70. The van der Waals surface area contributed by atoms with Crippen molar-refractivity contribution in [3.05, 3.63) is 64.8 Å². The molecule has 0 aliphatic carbocycles. The summed E-state index contributed by atoms with van der Waals surface area (Å²) >= 11 is 0. The van der Waals surface area contributed by atoms with Crippen molar-refractivity contribution in [2.45, 2.75) is 6.92 Å². The number of ether oxygens (including phenoxy) is 1. The first-order valence-corrected chi connectivity index (χ1v) is 7.14. The van der Waals surface area contributed by atoms with Gasteiger partial charge in [0.25, 0.3) is 0 Å². The fraction of sp³-hybridized carbons (Fsp3) is 0.105. The third kappa shape index (κ3) is 1.62. The van der Waals surface area contributed by atoms with Gasteiger partial charge in [-0.15, -0.1) is 0 Å². The maximum Gasteiger partial charge on any atom is 0.198 e. The fourth-order valence-electron chi connectivity index (χ4n) is 3.14. The van der Waals surface area contributed by atoms with Crippen molar-refractivity contribution in [1.82, 2.24) is 0 Å². The molecule has 0 fully saturated rings. The quantitative estimate of drug-likeness (QED) is 0.543. The van der Waals surface area contributed by atoms with Gasteiger partial charge in [-0.2, -0.15) is 0 Å². The Hall–Kier alpha value is -2.61. The fourth-order valence-corrected chi connectivity index (χ4v) is 3.14. The van der Waals surface area contributed by atoms with E-state index in [0.717, 1.165) is 26.9 Å². The number of hydrogen-bond acceptors (Lipinski definition) is 2. The van der Waals surface area contributed by atoms with Crippen LogP contribution >= 0.6 is 0 Å². The molecule has 4 aromatic rings. The van der Waals surface area contributed by atoms with Gasteiger partial charge in [-0.05, 0) is 29.1 Å². The summed E-state index contributed by atoms with van der Waals surface area (Å²) in [5, 5.41) is 5.63. The van der Waals surface area contributed by atoms with E-state index in [-0.39, 0.29) is 5.43 Å². The van der Waals surface area contributed by atoms with Gasteiger partial charge in [-0.25, -0.2) is 0 Å². The zero-order chi connectivity index (χ0) is 14.4. The van der Waals surface area contributed by atoms with E-state index in [1.165, 1.54) is 0 Å². The smallest absolute Gasteiger partial charge is 0.198 e. The number of fused-ring (bicyclic) bond motifs is 2. The van der Waals surface area contributed by atoms with Gasteiger partial charge < -0.3 is 4.74 Å². The molecule has 0 unspecified atom stereocenters. The average Bonchev–Trinajstić information content (AvgIpc) is 2.72. The minimum absolute atomic E-state index is 0.0581. The molecule has 0 saturated carbocycles. The second kappa shape index (κ2) is 4.45. The van der Waals surface area contributed by atoms with E-state index < -0.39 is 0 Å². The molecule has 0 saturated heterocycles. The first-order valence-electron chi connectivity index (χ1n) is 7.14. The van der Waals surface area contributed by atoms with Crippen LogP contribution in [0.5, 0.6) is 5.75 Å². The molecule has 0 atom stereocenters. The molecule has 0 aromatic heterocycles. The van der Waals surface area contributed by atoms with Crippen molar-refractivity contribution in [2.75, 3.05) is 6.61 Å². The Kier molecular flexibility index (Phi) is 2.58. The maximum atomic E-state index is 12.9. The lowest BCUT2D eigenvalue weighted by molar-refractivity contribution is 0.345. The zero-order valence-electron chi connectivity index (χ0n) is 11.7. The Morgan fingerprint density at radius 2 is 1.52 bits per heavy atom.